The fourth-order valence-corrected chi connectivity index (χ4v) is 2.65. The zero-order valence-electron chi connectivity index (χ0n) is 17.2. The molecular formula is C21H34ClN3O. The number of aromatic amines is 1. The normalized spacial score (nSPS) is 10.2. The highest BCUT2D eigenvalue weighted by molar-refractivity contribution is 6.30. The minimum atomic E-state index is 0.0356. The average molecular weight is 380 g/mol. The van der Waals surface area contributed by atoms with Crippen LogP contribution in [-0.4, -0.2) is 16.5 Å². The van der Waals surface area contributed by atoms with Crippen LogP contribution in [0, 0.1) is 0 Å². The number of carbonyl (C=O) groups excluding carboxylic acids is 1. The summed E-state index contributed by atoms with van der Waals surface area (Å²) in [4.78, 5) is 8.81. The number of H-pyrrole nitrogens is 1. The SMILES string of the molecule is CC.CC=O.CCCc1[nH]nc(C(C)(C)C)c1CNc1cccc(Cl)c1. The zero-order chi connectivity index (χ0) is 20.2. The molecule has 0 unspecified atom stereocenters. The maximum absolute atomic E-state index is 8.81. The van der Waals surface area contributed by atoms with Gasteiger partial charge < -0.3 is 10.1 Å². The smallest absolute Gasteiger partial charge is 0.116 e. The Bertz CT molecular complexity index is 645. The molecule has 0 radical (unpaired) electrons. The van der Waals surface area contributed by atoms with E-state index in [4.69, 9.17) is 16.4 Å². The standard InChI is InChI=1S/C17H24ClN3.C2H4O.C2H6/c1-5-7-15-14(16(21-20-15)17(2,3)4)11-19-13-9-6-8-12(18)10-13;1-2-3;1-2/h6,8-10,19H,5,7,11H2,1-4H3,(H,20,21);2H,1H3;1-2H3. The number of hydrogen-bond donors (Lipinski definition) is 2. The molecule has 0 fully saturated rings. The van der Waals surface area contributed by atoms with E-state index in [1.807, 2.05) is 38.1 Å². The molecule has 0 atom stereocenters. The molecule has 0 saturated heterocycles. The third-order valence-electron chi connectivity index (χ3n) is 3.46. The molecule has 0 amide bonds. The van der Waals surface area contributed by atoms with Crippen LogP contribution in [0.15, 0.2) is 24.3 Å². The number of benzene rings is 1. The second kappa shape index (κ2) is 12.5. The van der Waals surface area contributed by atoms with Gasteiger partial charge in [-0.05, 0) is 31.5 Å². The summed E-state index contributed by atoms with van der Waals surface area (Å²) in [5.74, 6) is 0. The molecule has 1 heterocycles. The number of nitrogens with zero attached hydrogens (tertiary/aromatic N) is 1. The Morgan fingerprint density at radius 1 is 1.27 bits per heavy atom. The molecule has 2 aromatic rings. The second-order valence-corrected chi connectivity index (χ2v) is 7.07. The summed E-state index contributed by atoms with van der Waals surface area (Å²) in [5, 5.41) is 12.0. The summed E-state index contributed by atoms with van der Waals surface area (Å²) in [6.07, 6.45) is 2.88. The number of nitrogens with one attached hydrogen (secondary N) is 2. The van der Waals surface area contributed by atoms with Gasteiger partial charge in [-0.15, -0.1) is 0 Å². The van der Waals surface area contributed by atoms with Crippen LogP contribution < -0.4 is 5.32 Å². The molecule has 1 aromatic carbocycles. The maximum atomic E-state index is 8.81. The molecule has 26 heavy (non-hydrogen) atoms. The van der Waals surface area contributed by atoms with Crippen LogP contribution in [0.5, 0.6) is 0 Å². The van der Waals surface area contributed by atoms with Crippen molar-refractivity contribution in [2.45, 2.75) is 73.3 Å². The molecule has 4 nitrogen and oxygen atoms in total. The van der Waals surface area contributed by atoms with E-state index in [0.29, 0.717) is 0 Å². The maximum Gasteiger partial charge on any atom is 0.116 e. The lowest BCUT2D eigenvalue weighted by Crippen LogP contribution is -2.16. The Morgan fingerprint density at radius 3 is 2.38 bits per heavy atom. The van der Waals surface area contributed by atoms with Crippen molar-refractivity contribution in [3.05, 3.63) is 46.2 Å². The topological polar surface area (TPSA) is 57.8 Å². The Balaban J connectivity index is 0.00000113. The molecule has 146 valence electrons. The summed E-state index contributed by atoms with van der Waals surface area (Å²) in [6.45, 7) is 15.0. The highest BCUT2D eigenvalue weighted by Gasteiger charge is 2.23. The van der Waals surface area contributed by atoms with Crippen LogP contribution in [0.4, 0.5) is 5.69 Å². The molecule has 0 aliphatic heterocycles. The number of aldehydes is 1. The number of aromatic nitrogens is 2. The minimum absolute atomic E-state index is 0.0356. The number of halogens is 1. The first-order valence-electron chi connectivity index (χ1n) is 9.29. The van der Waals surface area contributed by atoms with Gasteiger partial charge >= 0.3 is 0 Å². The van der Waals surface area contributed by atoms with Gasteiger partial charge in [0.25, 0.3) is 0 Å². The van der Waals surface area contributed by atoms with Crippen molar-refractivity contribution in [1.82, 2.24) is 10.2 Å². The van der Waals surface area contributed by atoms with Gasteiger partial charge in [0.2, 0.25) is 0 Å². The first kappa shape index (κ1) is 24.2. The number of carbonyl (C=O) groups is 1. The summed E-state index contributed by atoms with van der Waals surface area (Å²) in [5.41, 5.74) is 4.72. The second-order valence-electron chi connectivity index (χ2n) is 6.63. The van der Waals surface area contributed by atoms with Crippen molar-refractivity contribution in [2.75, 3.05) is 5.32 Å². The van der Waals surface area contributed by atoms with E-state index in [1.165, 1.54) is 18.2 Å². The molecule has 2 rings (SSSR count). The van der Waals surface area contributed by atoms with Gasteiger partial charge in [0.05, 0.1) is 5.69 Å². The Hall–Kier alpha value is -1.81. The summed E-state index contributed by atoms with van der Waals surface area (Å²) in [7, 11) is 0. The van der Waals surface area contributed by atoms with Crippen molar-refractivity contribution in [3.8, 4) is 0 Å². The molecule has 5 heteroatoms. The van der Waals surface area contributed by atoms with E-state index >= 15 is 0 Å². The largest absolute Gasteiger partial charge is 0.381 e. The Morgan fingerprint density at radius 2 is 1.88 bits per heavy atom. The van der Waals surface area contributed by atoms with Gasteiger partial charge in [-0.3, -0.25) is 5.10 Å². The number of aryl methyl sites for hydroxylation is 1. The van der Waals surface area contributed by atoms with Crippen molar-refractivity contribution in [2.24, 2.45) is 0 Å². The first-order chi connectivity index (χ1) is 12.3. The Labute approximate surface area is 163 Å². The lowest BCUT2D eigenvalue weighted by molar-refractivity contribution is -0.106. The van der Waals surface area contributed by atoms with Crippen LogP contribution in [-0.2, 0) is 23.2 Å². The fourth-order valence-electron chi connectivity index (χ4n) is 2.46. The quantitative estimate of drug-likeness (QED) is 0.612. The van der Waals surface area contributed by atoms with Crippen molar-refractivity contribution in [1.29, 1.82) is 0 Å². The number of hydrogen-bond acceptors (Lipinski definition) is 3. The Kier molecular flexibility index (Phi) is 11.7. The molecule has 1 aromatic heterocycles. The van der Waals surface area contributed by atoms with E-state index in [-0.39, 0.29) is 5.41 Å². The average Bonchev–Trinajstić information content (AvgIpc) is 2.99. The zero-order valence-corrected chi connectivity index (χ0v) is 18.0. The predicted octanol–water partition coefficient (Wildman–Crippen LogP) is 6.16. The number of rotatable bonds is 5. The van der Waals surface area contributed by atoms with Crippen LogP contribution in [0.2, 0.25) is 5.02 Å². The molecule has 0 aliphatic rings. The molecule has 0 saturated carbocycles. The fraction of sp³-hybridized carbons (Fsp3) is 0.524. The highest BCUT2D eigenvalue weighted by Crippen LogP contribution is 2.27. The molecular weight excluding hydrogens is 346 g/mol. The van der Waals surface area contributed by atoms with E-state index in [0.717, 1.165) is 42.1 Å². The molecule has 2 N–H and O–H groups in total. The summed E-state index contributed by atoms with van der Waals surface area (Å²) < 4.78 is 0. The van der Waals surface area contributed by atoms with Gasteiger partial charge in [0.1, 0.15) is 6.29 Å². The molecule has 0 bridgehead atoms. The lowest BCUT2D eigenvalue weighted by atomic mass is 9.88. The predicted molar refractivity (Wildman–Crippen MR) is 113 cm³/mol. The van der Waals surface area contributed by atoms with E-state index in [2.05, 4.69) is 43.2 Å². The van der Waals surface area contributed by atoms with Crippen LogP contribution >= 0.6 is 11.6 Å². The van der Waals surface area contributed by atoms with Crippen molar-refractivity contribution >= 4 is 23.6 Å². The van der Waals surface area contributed by atoms with E-state index in [9.17, 15) is 0 Å². The minimum Gasteiger partial charge on any atom is -0.381 e. The third kappa shape index (κ3) is 8.05. The van der Waals surface area contributed by atoms with Crippen molar-refractivity contribution in [3.63, 3.8) is 0 Å². The molecule has 0 spiro atoms. The van der Waals surface area contributed by atoms with Gasteiger partial charge in [0.15, 0.2) is 0 Å². The summed E-state index contributed by atoms with van der Waals surface area (Å²) in [6, 6.07) is 7.81. The van der Waals surface area contributed by atoms with Crippen LogP contribution in [0.3, 0.4) is 0 Å². The highest BCUT2D eigenvalue weighted by atomic mass is 35.5. The number of anilines is 1. The van der Waals surface area contributed by atoms with Gasteiger partial charge in [-0.2, -0.15) is 5.10 Å². The monoisotopic (exact) mass is 379 g/mol. The lowest BCUT2D eigenvalue weighted by Gasteiger charge is -2.18. The third-order valence-corrected chi connectivity index (χ3v) is 3.69. The van der Waals surface area contributed by atoms with Gasteiger partial charge in [0, 0.05) is 33.9 Å². The van der Waals surface area contributed by atoms with E-state index < -0.39 is 0 Å². The van der Waals surface area contributed by atoms with Crippen LogP contribution in [0.1, 0.15) is 71.8 Å². The van der Waals surface area contributed by atoms with Crippen molar-refractivity contribution < 1.29 is 4.79 Å². The van der Waals surface area contributed by atoms with Gasteiger partial charge in [-0.25, -0.2) is 0 Å². The first-order valence-corrected chi connectivity index (χ1v) is 9.67. The van der Waals surface area contributed by atoms with E-state index in [1.54, 1.807) is 0 Å². The molecule has 0 aliphatic carbocycles. The van der Waals surface area contributed by atoms with Crippen LogP contribution in [0.25, 0.3) is 0 Å². The summed E-state index contributed by atoms with van der Waals surface area (Å²) >= 11 is 6.03. The van der Waals surface area contributed by atoms with Gasteiger partial charge in [-0.1, -0.05) is 65.6 Å².